The first-order chi connectivity index (χ1) is 11.4. The van der Waals surface area contributed by atoms with Crippen LogP contribution in [0, 0.1) is 5.41 Å². The van der Waals surface area contributed by atoms with E-state index < -0.39 is 6.04 Å². The Hall–Kier alpha value is -2.73. The summed E-state index contributed by atoms with van der Waals surface area (Å²) >= 11 is 0. The molecule has 0 saturated heterocycles. The minimum Gasteiger partial charge on any atom is -0.323 e. The molecular weight excluding hydrogens is 302 g/mol. The second-order valence-electron chi connectivity index (χ2n) is 6.84. The van der Waals surface area contributed by atoms with Gasteiger partial charge in [-0.3, -0.25) is 9.36 Å². The van der Waals surface area contributed by atoms with Crippen LogP contribution < -0.4 is 11.1 Å². The monoisotopic (exact) mass is 323 g/mol. The Morgan fingerprint density at radius 1 is 1.17 bits per heavy atom. The summed E-state index contributed by atoms with van der Waals surface area (Å²) in [6, 6.07) is 10.9. The summed E-state index contributed by atoms with van der Waals surface area (Å²) in [7, 11) is 0. The third-order valence-electron chi connectivity index (χ3n) is 3.93. The topological polar surface area (TPSA) is 85.8 Å². The van der Waals surface area contributed by atoms with Gasteiger partial charge in [-0.05, 0) is 29.7 Å². The summed E-state index contributed by atoms with van der Waals surface area (Å²) in [4.78, 5) is 20.9. The zero-order valence-electron chi connectivity index (χ0n) is 14.0. The normalized spacial score (nSPS) is 13.0. The van der Waals surface area contributed by atoms with Gasteiger partial charge in [0.2, 0.25) is 5.91 Å². The quantitative estimate of drug-likeness (QED) is 0.776. The lowest BCUT2D eigenvalue weighted by molar-refractivity contribution is -0.119. The van der Waals surface area contributed by atoms with Gasteiger partial charge in [0, 0.05) is 0 Å². The zero-order chi connectivity index (χ0) is 17.3. The molecule has 1 atom stereocenters. The number of para-hydroxylation sites is 2. The van der Waals surface area contributed by atoms with Crippen LogP contribution in [0.1, 0.15) is 20.8 Å². The van der Waals surface area contributed by atoms with Crippen LogP contribution in [0.25, 0.3) is 16.9 Å². The molecule has 24 heavy (non-hydrogen) atoms. The number of nitrogens with zero attached hydrogens (tertiary/aromatic N) is 3. The Labute approximate surface area is 140 Å². The molecule has 2 heterocycles. The first-order valence-corrected chi connectivity index (χ1v) is 7.81. The first-order valence-electron chi connectivity index (χ1n) is 7.81. The van der Waals surface area contributed by atoms with Gasteiger partial charge in [-0.25, -0.2) is 9.97 Å². The number of benzene rings is 1. The van der Waals surface area contributed by atoms with Gasteiger partial charge in [0.05, 0.1) is 29.0 Å². The molecule has 0 spiro atoms. The van der Waals surface area contributed by atoms with Crippen molar-refractivity contribution < 1.29 is 4.79 Å². The maximum Gasteiger partial charge on any atom is 0.241 e. The van der Waals surface area contributed by atoms with Crippen molar-refractivity contribution in [3.63, 3.8) is 0 Å². The van der Waals surface area contributed by atoms with Gasteiger partial charge in [0.25, 0.3) is 0 Å². The van der Waals surface area contributed by atoms with E-state index >= 15 is 0 Å². The number of hydrogen-bond acceptors (Lipinski definition) is 4. The molecule has 6 heteroatoms. The van der Waals surface area contributed by atoms with E-state index in [4.69, 9.17) is 5.73 Å². The third kappa shape index (κ3) is 3.14. The fourth-order valence-corrected chi connectivity index (χ4v) is 2.36. The highest BCUT2D eigenvalue weighted by Crippen LogP contribution is 2.20. The summed E-state index contributed by atoms with van der Waals surface area (Å²) in [5.74, 6) is 0.520. The molecule has 0 radical (unpaired) electrons. The van der Waals surface area contributed by atoms with Crippen molar-refractivity contribution in [2.45, 2.75) is 26.8 Å². The van der Waals surface area contributed by atoms with Gasteiger partial charge in [-0.15, -0.1) is 0 Å². The fourth-order valence-electron chi connectivity index (χ4n) is 2.36. The summed E-state index contributed by atoms with van der Waals surface area (Å²) in [5, 5.41) is 2.81. The molecule has 0 aliphatic heterocycles. The van der Waals surface area contributed by atoms with E-state index in [1.54, 1.807) is 12.5 Å². The van der Waals surface area contributed by atoms with E-state index in [-0.39, 0.29) is 11.3 Å². The first kappa shape index (κ1) is 16.1. The summed E-state index contributed by atoms with van der Waals surface area (Å²) < 4.78 is 1.90. The van der Waals surface area contributed by atoms with Gasteiger partial charge in [-0.2, -0.15) is 0 Å². The highest BCUT2D eigenvalue weighted by Gasteiger charge is 2.27. The van der Waals surface area contributed by atoms with E-state index in [0.717, 1.165) is 16.9 Å². The maximum absolute atomic E-state index is 12.2. The average Bonchev–Trinajstić information content (AvgIpc) is 2.98. The van der Waals surface area contributed by atoms with Gasteiger partial charge in [0.15, 0.2) is 0 Å². The molecule has 0 saturated carbocycles. The van der Waals surface area contributed by atoms with E-state index in [0.29, 0.717) is 5.69 Å². The molecule has 0 aliphatic rings. The summed E-state index contributed by atoms with van der Waals surface area (Å²) in [6.07, 6.45) is 3.36. The molecule has 1 aromatic carbocycles. The molecule has 2 aromatic heterocycles. The number of anilines is 1. The van der Waals surface area contributed by atoms with Crippen LogP contribution in [-0.4, -0.2) is 26.5 Å². The SMILES string of the molecule is CC(C)(C)[C@H](N)C(=O)Nc1ccc(-n2cnc3ccccc32)nc1. The lowest BCUT2D eigenvalue weighted by atomic mass is 9.87. The van der Waals surface area contributed by atoms with Gasteiger partial charge >= 0.3 is 0 Å². The van der Waals surface area contributed by atoms with Crippen LogP contribution in [-0.2, 0) is 4.79 Å². The molecule has 3 aromatic rings. The lowest BCUT2D eigenvalue weighted by Gasteiger charge is -2.25. The van der Waals surface area contributed by atoms with Crippen molar-refractivity contribution in [3.8, 4) is 5.82 Å². The number of carbonyl (C=O) groups is 1. The Balaban J connectivity index is 1.80. The molecule has 3 N–H and O–H groups in total. The molecule has 6 nitrogen and oxygen atoms in total. The number of carbonyl (C=O) groups excluding carboxylic acids is 1. The Morgan fingerprint density at radius 3 is 2.58 bits per heavy atom. The van der Waals surface area contributed by atoms with Crippen molar-refractivity contribution in [3.05, 3.63) is 48.9 Å². The molecule has 0 aliphatic carbocycles. The van der Waals surface area contributed by atoms with Crippen LogP contribution >= 0.6 is 0 Å². The van der Waals surface area contributed by atoms with Crippen molar-refractivity contribution in [2.75, 3.05) is 5.32 Å². The molecule has 0 unspecified atom stereocenters. The number of aromatic nitrogens is 3. The lowest BCUT2D eigenvalue weighted by Crippen LogP contribution is -2.45. The highest BCUT2D eigenvalue weighted by atomic mass is 16.2. The van der Waals surface area contributed by atoms with Gasteiger partial charge in [-0.1, -0.05) is 32.9 Å². The number of imidazole rings is 1. The number of nitrogens with two attached hydrogens (primary N) is 1. The predicted molar refractivity (Wildman–Crippen MR) is 94.9 cm³/mol. The smallest absolute Gasteiger partial charge is 0.241 e. The van der Waals surface area contributed by atoms with Gasteiger partial charge < -0.3 is 11.1 Å². The minimum absolute atomic E-state index is 0.217. The molecule has 0 bridgehead atoms. The minimum atomic E-state index is -0.588. The van der Waals surface area contributed by atoms with Crippen LogP contribution in [0.4, 0.5) is 5.69 Å². The van der Waals surface area contributed by atoms with Crippen LogP contribution in [0.2, 0.25) is 0 Å². The highest BCUT2D eigenvalue weighted by molar-refractivity contribution is 5.95. The van der Waals surface area contributed by atoms with E-state index in [1.165, 1.54) is 0 Å². The van der Waals surface area contributed by atoms with E-state index in [1.807, 2.05) is 61.7 Å². The maximum atomic E-state index is 12.2. The van der Waals surface area contributed by atoms with Crippen LogP contribution in [0.5, 0.6) is 0 Å². The fraction of sp³-hybridized carbons (Fsp3) is 0.278. The molecule has 0 fully saturated rings. The van der Waals surface area contributed by atoms with Gasteiger partial charge in [0.1, 0.15) is 12.1 Å². The third-order valence-corrected chi connectivity index (χ3v) is 3.93. The average molecular weight is 323 g/mol. The molecule has 3 rings (SSSR count). The number of hydrogen-bond donors (Lipinski definition) is 2. The number of nitrogens with one attached hydrogen (secondary N) is 1. The Kier molecular flexibility index (Phi) is 4.07. The second kappa shape index (κ2) is 6.05. The van der Waals surface area contributed by atoms with E-state index in [9.17, 15) is 4.79 Å². The Bertz CT molecular complexity index is 861. The van der Waals surface area contributed by atoms with Crippen LogP contribution in [0.15, 0.2) is 48.9 Å². The zero-order valence-corrected chi connectivity index (χ0v) is 14.0. The number of rotatable bonds is 3. The van der Waals surface area contributed by atoms with Crippen LogP contribution in [0.3, 0.4) is 0 Å². The second-order valence-corrected chi connectivity index (χ2v) is 6.84. The largest absolute Gasteiger partial charge is 0.323 e. The van der Waals surface area contributed by atoms with E-state index in [2.05, 4.69) is 15.3 Å². The number of fused-ring (bicyclic) bond motifs is 1. The number of pyridine rings is 1. The standard InChI is InChI=1S/C18H21N5O/c1-18(2,3)16(19)17(24)22-12-8-9-15(20-10-12)23-11-21-13-6-4-5-7-14(13)23/h4-11,16H,19H2,1-3H3,(H,22,24)/t16-/m1/s1. The molecule has 1 amide bonds. The summed E-state index contributed by atoms with van der Waals surface area (Å²) in [5.41, 5.74) is 8.18. The van der Waals surface area contributed by atoms with Crippen molar-refractivity contribution in [1.29, 1.82) is 0 Å². The number of amides is 1. The van der Waals surface area contributed by atoms with Crippen molar-refractivity contribution in [1.82, 2.24) is 14.5 Å². The summed E-state index contributed by atoms with van der Waals surface area (Å²) in [6.45, 7) is 5.80. The molecule has 124 valence electrons. The molecular formula is C18H21N5O. The Morgan fingerprint density at radius 2 is 1.92 bits per heavy atom. The van der Waals surface area contributed by atoms with Crippen molar-refractivity contribution in [2.24, 2.45) is 11.1 Å². The van der Waals surface area contributed by atoms with Crippen molar-refractivity contribution >= 4 is 22.6 Å². The predicted octanol–water partition coefficient (Wildman–Crippen LogP) is 2.73.